The number of aliphatic imine (C=N–C) groups is 1. The zero-order valence-corrected chi connectivity index (χ0v) is 19.4. The Hall–Kier alpha value is -3.28. The number of hydrogen-bond donors (Lipinski definition) is 3. The average molecular weight is 489 g/mol. The first kappa shape index (κ1) is 25.3. The van der Waals surface area contributed by atoms with Crippen LogP contribution in [-0.4, -0.2) is 71.9 Å². The van der Waals surface area contributed by atoms with Crippen molar-refractivity contribution in [2.45, 2.75) is 25.0 Å². The van der Waals surface area contributed by atoms with E-state index in [1.54, 1.807) is 9.31 Å². The van der Waals surface area contributed by atoms with Gasteiger partial charge in [-0.15, -0.1) is 0 Å². The van der Waals surface area contributed by atoms with Gasteiger partial charge in [-0.3, -0.25) is 10.0 Å². The van der Waals surface area contributed by atoms with Crippen LogP contribution in [0.25, 0.3) is 0 Å². The van der Waals surface area contributed by atoms with Crippen LogP contribution in [0.5, 0.6) is 0 Å². The number of aliphatic carboxylic acids is 2. The summed E-state index contributed by atoms with van der Waals surface area (Å²) in [6.45, 7) is 2.82. The standard InChI is InChI=1S/C21H26N4O2S.C2H2O4/c22-25-14-11-23-21(25)20-9-7-18(8-10-20)15-17-3-5-19(6-4-17)16-28(26,27)24-12-1-2-13-24;3-1(4)2(5)6/h3-10H,1-2,11-16,22H2;(H,3,4)(H,5,6). The molecule has 1 saturated heterocycles. The maximum absolute atomic E-state index is 12.4. The first-order chi connectivity index (χ1) is 16.2. The predicted octanol–water partition coefficient (Wildman–Crippen LogP) is 1.29. The van der Waals surface area contributed by atoms with Gasteiger partial charge in [-0.1, -0.05) is 48.5 Å². The third kappa shape index (κ3) is 6.86. The van der Waals surface area contributed by atoms with Crippen LogP contribution in [0.2, 0.25) is 0 Å². The van der Waals surface area contributed by atoms with Gasteiger partial charge in [0.2, 0.25) is 10.0 Å². The lowest BCUT2D eigenvalue weighted by atomic mass is 10.0. The third-order valence-corrected chi connectivity index (χ3v) is 7.36. The number of rotatable bonds is 6. The van der Waals surface area contributed by atoms with E-state index in [0.29, 0.717) is 13.1 Å². The molecule has 0 radical (unpaired) electrons. The van der Waals surface area contributed by atoms with E-state index in [9.17, 15) is 8.42 Å². The molecule has 182 valence electrons. The number of nitrogens with two attached hydrogens (primary N) is 1. The van der Waals surface area contributed by atoms with Gasteiger partial charge >= 0.3 is 11.9 Å². The molecule has 0 bridgehead atoms. The van der Waals surface area contributed by atoms with Crippen LogP contribution >= 0.6 is 0 Å². The summed E-state index contributed by atoms with van der Waals surface area (Å²) < 4.78 is 26.5. The Kier molecular flexibility index (Phi) is 8.37. The third-order valence-electron chi connectivity index (χ3n) is 5.51. The van der Waals surface area contributed by atoms with E-state index in [4.69, 9.17) is 25.6 Å². The lowest BCUT2D eigenvalue weighted by Crippen LogP contribution is -2.34. The molecule has 2 aromatic rings. The van der Waals surface area contributed by atoms with E-state index in [0.717, 1.165) is 54.9 Å². The Labute approximate surface area is 198 Å². The average Bonchev–Trinajstić information content (AvgIpc) is 3.49. The van der Waals surface area contributed by atoms with Gasteiger partial charge in [-0.2, -0.15) is 0 Å². The van der Waals surface area contributed by atoms with Crippen LogP contribution in [0.1, 0.15) is 35.1 Å². The van der Waals surface area contributed by atoms with E-state index < -0.39 is 22.0 Å². The van der Waals surface area contributed by atoms with Crippen LogP contribution in [0.4, 0.5) is 0 Å². The molecule has 0 aliphatic carbocycles. The number of sulfonamides is 1. The van der Waals surface area contributed by atoms with Crippen LogP contribution < -0.4 is 5.84 Å². The SMILES string of the molecule is NN1CCN=C1c1ccc(Cc2ccc(CS(=O)(=O)N3CCCC3)cc2)cc1.O=C(O)C(=O)O. The van der Waals surface area contributed by atoms with Crippen molar-refractivity contribution in [1.29, 1.82) is 0 Å². The molecule has 0 atom stereocenters. The van der Waals surface area contributed by atoms with Crippen LogP contribution in [0, 0.1) is 0 Å². The Morgan fingerprint density at radius 2 is 1.35 bits per heavy atom. The van der Waals surface area contributed by atoms with E-state index in [1.165, 1.54) is 5.56 Å². The predicted molar refractivity (Wildman–Crippen MR) is 127 cm³/mol. The minimum Gasteiger partial charge on any atom is -0.473 e. The zero-order chi connectivity index (χ0) is 24.7. The van der Waals surface area contributed by atoms with E-state index in [-0.39, 0.29) is 5.75 Å². The Morgan fingerprint density at radius 3 is 1.82 bits per heavy atom. The topological polar surface area (TPSA) is 154 Å². The first-order valence-corrected chi connectivity index (χ1v) is 12.4. The molecule has 2 aliphatic heterocycles. The summed E-state index contributed by atoms with van der Waals surface area (Å²) in [7, 11) is -3.19. The normalized spacial score (nSPS) is 16.0. The molecule has 1 fully saturated rings. The van der Waals surface area contributed by atoms with Gasteiger partial charge in [0.25, 0.3) is 0 Å². The van der Waals surface area contributed by atoms with Crippen LogP contribution in [0.3, 0.4) is 0 Å². The second-order valence-electron chi connectivity index (χ2n) is 8.06. The summed E-state index contributed by atoms with van der Waals surface area (Å²) >= 11 is 0. The van der Waals surface area contributed by atoms with Crippen molar-refractivity contribution in [2.24, 2.45) is 10.8 Å². The van der Waals surface area contributed by atoms with Crippen molar-refractivity contribution in [1.82, 2.24) is 9.31 Å². The summed E-state index contributed by atoms with van der Waals surface area (Å²) in [5, 5.41) is 16.5. The van der Waals surface area contributed by atoms with Crippen LogP contribution in [-0.2, 0) is 31.8 Å². The number of nitrogens with zero attached hydrogens (tertiary/aromatic N) is 3. The minimum absolute atomic E-state index is 0.0830. The maximum atomic E-state index is 12.4. The highest BCUT2D eigenvalue weighted by atomic mass is 32.2. The van der Waals surface area contributed by atoms with Gasteiger partial charge in [0.1, 0.15) is 5.84 Å². The molecule has 0 saturated carbocycles. The smallest absolute Gasteiger partial charge is 0.414 e. The quantitative estimate of drug-likeness (QED) is 0.406. The molecule has 0 amide bonds. The van der Waals surface area contributed by atoms with Crippen molar-refractivity contribution < 1.29 is 28.2 Å². The Morgan fingerprint density at radius 1 is 0.853 bits per heavy atom. The summed E-state index contributed by atoms with van der Waals surface area (Å²) in [6, 6.07) is 16.2. The number of hydrazine groups is 1. The van der Waals surface area contributed by atoms with E-state index in [2.05, 4.69) is 29.3 Å². The van der Waals surface area contributed by atoms with Gasteiger partial charge in [0.05, 0.1) is 18.8 Å². The highest BCUT2D eigenvalue weighted by Gasteiger charge is 2.25. The fraction of sp³-hybridized carbons (Fsp3) is 0.348. The molecule has 4 N–H and O–H groups in total. The first-order valence-electron chi connectivity index (χ1n) is 10.8. The number of hydrogen-bond acceptors (Lipinski definition) is 7. The molecule has 0 aromatic heterocycles. The number of amidine groups is 1. The molecule has 0 unspecified atom stereocenters. The number of carboxylic acids is 2. The molecule has 2 aromatic carbocycles. The van der Waals surface area contributed by atoms with Crippen molar-refractivity contribution in [3.63, 3.8) is 0 Å². The van der Waals surface area contributed by atoms with Gasteiger partial charge < -0.3 is 10.2 Å². The molecular formula is C23H28N4O6S. The fourth-order valence-corrected chi connectivity index (χ4v) is 5.36. The van der Waals surface area contributed by atoms with Crippen molar-refractivity contribution >= 4 is 27.8 Å². The monoisotopic (exact) mass is 488 g/mol. The highest BCUT2D eigenvalue weighted by molar-refractivity contribution is 7.88. The second kappa shape index (κ2) is 11.2. The summed E-state index contributed by atoms with van der Waals surface area (Å²) in [6.07, 6.45) is 2.74. The Bertz CT molecular complexity index is 1130. The van der Waals surface area contributed by atoms with Gasteiger partial charge in [-0.05, 0) is 36.0 Å². The zero-order valence-electron chi connectivity index (χ0n) is 18.6. The van der Waals surface area contributed by atoms with E-state index >= 15 is 0 Å². The second-order valence-corrected chi connectivity index (χ2v) is 10.0. The van der Waals surface area contributed by atoms with E-state index in [1.807, 2.05) is 24.3 Å². The number of benzene rings is 2. The lowest BCUT2D eigenvalue weighted by molar-refractivity contribution is -0.159. The van der Waals surface area contributed by atoms with Gasteiger partial charge in [-0.25, -0.2) is 28.2 Å². The van der Waals surface area contributed by atoms with Crippen molar-refractivity contribution in [2.75, 3.05) is 26.2 Å². The molecule has 0 spiro atoms. The fourth-order valence-electron chi connectivity index (χ4n) is 3.75. The largest absolute Gasteiger partial charge is 0.473 e. The van der Waals surface area contributed by atoms with Crippen molar-refractivity contribution in [3.8, 4) is 0 Å². The molecule has 4 rings (SSSR count). The molecule has 2 heterocycles. The van der Waals surface area contributed by atoms with Crippen LogP contribution in [0.15, 0.2) is 53.5 Å². The minimum atomic E-state index is -3.19. The van der Waals surface area contributed by atoms with Gasteiger partial charge in [0.15, 0.2) is 0 Å². The molecule has 11 heteroatoms. The molecule has 2 aliphatic rings. The molecule has 10 nitrogen and oxygen atoms in total. The van der Waals surface area contributed by atoms with Gasteiger partial charge in [0, 0.05) is 18.7 Å². The summed E-state index contributed by atoms with van der Waals surface area (Å²) in [5.41, 5.74) is 4.23. The summed E-state index contributed by atoms with van der Waals surface area (Å²) in [4.78, 5) is 22.6. The molecular weight excluding hydrogens is 460 g/mol. The summed E-state index contributed by atoms with van der Waals surface area (Å²) in [5.74, 6) is 3.20. The molecule has 34 heavy (non-hydrogen) atoms. The highest BCUT2D eigenvalue weighted by Crippen LogP contribution is 2.19. The maximum Gasteiger partial charge on any atom is 0.414 e. The number of carbonyl (C=O) groups is 2. The lowest BCUT2D eigenvalue weighted by Gasteiger charge is -2.15. The van der Waals surface area contributed by atoms with Crippen molar-refractivity contribution in [3.05, 3.63) is 70.8 Å². The Balaban J connectivity index is 0.000000481. The number of carboxylic acid groups (broad SMARTS) is 2.